The average molecular weight is 542 g/mol. The third kappa shape index (κ3) is 3.49. The van der Waals surface area contributed by atoms with E-state index in [1.165, 1.54) is 32.6 Å². The normalized spacial score (nSPS) is 14.4. The van der Waals surface area contributed by atoms with Crippen LogP contribution in [0.2, 0.25) is 0 Å². The SMILES string of the molecule is O=C1C(=Cc2ccc(N3c4ccccc4C(c4ccccc4)c4ccccc43)[se]2)C(=O)c2ccccc21. The molecule has 5 aromatic rings. The first kappa shape index (κ1) is 22.0. The topological polar surface area (TPSA) is 37.4 Å². The van der Waals surface area contributed by atoms with E-state index in [0.29, 0.717) is 11.1 Å². The first-order chi connectivity index (χ1) is 18.2. The number of ketones is 2. The fourth-order valence-electron chi connectivity index (χ4n) is 5.50. The second-order valence-corrected chi connectivity index (χ2v) is 11.5. The van der Waals surface area contributed by atoms with Crippen LogP contribution in [0.25, 0.3) is 6.08 Å². The summed E-state index contributed by atoms with van der Waals surface area (Å²) in [6, 6.07) is 39.2. The van der Waals surface area contributed by atoms with E-state index in [1.807, 2.05) is 6.08 Å². The number of carbonyl (C=O) groups is 2. The van der Waals surface area contributed by atoms with Crippen molar-refractivity contribution in [3.05, 3.63) is 153 Å². The van der Waals surface area contributed by atoms with Crippen molar-refractivity contribution in [3.8, 4) is 0 Å². The van der Waals surface area contributed by atoms with E-state index in [0.717, 1.165) is 4.44 Å². The Labute approximate surface area is 221 Å². The zero-order valence-corrected chi connectivity index (χ0v) is 21.5. The average Bonchev–Trinajstić information content (AvgIpc) is 3.51. The van der Waals surface area contributed by atoms with Crippen LogP contribution in [0.15, 0.2) is 121 Å². The molecule has 0 bridgehead atoms. The summed E-state index contributed by atoms with van der Waals surface area (Å²) in [4.78, 5) is 28.2. The number of Topliss-reactive ketones (excluding diaryl/α,β-unsaturated/α-hetero) is 2. The maximum absolute atomic E-state index is 12.9. The number of fused-ring (bicyclic) bond motifs is 3. The Balaban J connectivity index is 1.33. The van der Waals surface area contributed by atoms with E-state index in [2.05, 4.69) is 95.9 Å². The molecule has 0 spiro atoms. The van der Waals surface area contributed by atoms with Gasteiger partial charge in [-0.15, -0.1) is 0 Å². The van der Waals surface area contributed by atoms with Crippen LogP contribution in [0.1, 0.15) is 47.8 Å². The number of anilines is 3. The minimum atomic E-state index is -0.176. The Morgan fingerprint density at radius 1 is 0.595 bits per heavy atom. The fourth-order valence-corrected chi connectivity index (χ4v) is 7.55. The number of para-hydroxylation sites is 2. The van der Waals surface area contributed by atoms with E-state index in [1.54, 1.807) is 24.3 Å². The third-order valence-electron chi connectivity index (χ3n) is 7.14. The van der Waals surface area contributed by atoms with Gasteiger partial charge < -0.3 is 0 Å². The van der Waals surface area contributed by atoms with Crippen LogP contribution in [0, 0.1) is 0 Å². The number of hydrogen-bond donors (Lipinski definition) is 0. The van der Waals surface area contributed by atoms with Crippen molar-refractivity contribution in [3.63, 3.8) is 0 Å². The van der Waals surface area contributed by atoms with Crippen LogP contribution >= 0.6 is 0 Å². The Morgan fingerprint density at radius 2 is 1.14 bits per heavy atom. The minimum absolute atomic E-state index is 0.0673. The van der Waals surface area contributed by atoms with Gasteiger partial charge in [-0.25, -0.2) is 0 Å². The Hall–Kier alpha value is -4.24. The number of rotatable bonds is 3. The molecule has 2 aliphatic rings. The van der Waals surface area contributed by atoms with E-state index < -0.39 is 0 Å². The standard InChI is InChI=1S/C33H21NO2Se/c35-32-23-12-4-5-13-24(23)33(36)27(32)20-22-18-19-30(37-22)34-28-16-8-6-14-25(28)31(21-10-2-1-3-11-21)26-15-7-9-17-29(26)34/h1-20,31H. The quantitative estimate of drug-likeness (QED) is 0.135. The molecule has 0 radical (unpaired) electrons. The molecule has 0 saturated carbocycles. The molecule has 4 heteroatoms. The molecule has 0 N–H and O–H groups in total. The van der Waals surface area contributed by atoms with Crippen molar-refractivity contribution < 1.29 is 9.59 Å². The van der Waals surface area contributed by atoms with Gasteiger partial charge in [-0.05, 0) is 0 Å². The molecule has 0 amide bonds. The molecule has 1 aliphatic heterocycles. The fraction of sp³-hybridized carbons (Fsp3) is 0.0303. The van der Waals surface area contributed by atoms with Gasteiger partial charge in [0, 0.05) is 0 Å². The van der Waals surface area contributed by atoms with Gasteiger partial charge in [-0.3, -0.25) is 0 Å². The van der Waals surface area contributed by atoms with Crippen molar-refractivity contribution in [1.29, 1.82) is 0 Å². The Kier molecular flexibility index (Phi) is 5.17. The van der Waals surface area contributed by atoms with Crippen molar-refractivity contribution in [1.82, 2.24) is 0 Å². The molecule has 7 rings (SSSR count). The van der Waals surface area contributed by atoms with Crippen LogP contribution in [0.3, 0.4) is 0 Å². The second-order valence-electron chi connectivity index (χ2n) is 9.23. The predicted molar refractivity (Wildman–Crippen MR) is 149 cm³/mol. The molecule has 3 nitrogen and oxygen atoms in total. The van der Waals surface area contributed by atoms with Crippen molar-refractivity contribution in [2.45, 2.75) is 5.92 Å². The van der Waals surface area contributed by atoms with Gasteiger partial charge in [0.2, 0.25) is 0 Å². The maximum atomic E-state index is 12.9. The summed E-state index contributed by atoms with van der Waals surface area (Å²) in [6.45, 7) is 0. The van der Waals surface area contributed by atoms with Crippen LogP contribution in [0.5, 0.6) is 0 Å². The molecule has 37 heavy (non-hydrogen) atoms. The van der Waals surface area contributed by atoms with Gasteiger partial charge in [-0.2, -0.15) is 0 Å². The number of nitrogens with zero attached hydrogens (tertiary/aromatic N) is 1. The summed E-state index contributed by atoms with van der Waals surface area (Å²) < 4.78 is 2.20. The zero-order valence-electron chi connectivity index (χ0n) is 19.8. The molecule has 1 aromatic heterocycles. The summed E-state index contributed by atoms with van der Waals surface area (Å²) >= 11 is -0.0673. The van der Waals surface area contributed by atoms with E-state index in [9.17, 15) is 9.59 Å². The van der Waals surface area contributed by atoms with E-state index >= 15 is 0 Å². The first-order valence-corrected chi connectivity index (χ1v) is 13.9. The monoisotopic (exact) mass is 543 g/mol. The van der Waals surface area contributed by atoms with E-state index in [-0.39, 0.29) is 37.6 Å². The Morgan fingerprint density at radius 3 is 1.76 bits per heavy atom. The number of carbonyl (C=O) groups excluding carboxylic acids is 2. The van der Waals surface area contributed by atoms with Crippen molar-refractivity contribution in [2.24, 2.45) is 0 Å². The zero-order chi connectivity index (χ0) is 24.9. The van der Waals surface area contributed by atoms with Crippen LogP contribution in [-0.2, 0) is 0 Å². The van der Waals surface area contributed by atoms with E-state index in [4.69, 9.17) is 0 Å². The van der Waals surface area contributed by atoms with Gasteiger partial charge in [0.15, 0.2) is 0 Å². The summed E-state index contributed by atoms with van der Waals surface area (Å²) in [7, 11) is 0. The third-order valence-corrected chi connectivity index (χ3v) is 9.27. The van der Waals surface area contributed by atoms with Crippen molar-refractivity contribution >= 4 is 48.1 Å². The molecule has 0 fully saturated rings. The predicted octanol–water partition coefficient (Wildman–Crippen LogP) is 7.17. The van der Waals surface area contributed by atoms with Gasteiger partial charge in [0.25, 0.3) is 0 Å². The summed E-state index contributed by atoms with van der Waals surface area (Å²) in [6.07, 6.45) is 1.81. The molecular weight excluding hydrogens is 521 g/mol. The molecule has 0 unspecified atom stereocenters. The van der Waals surface area contributed by atoms with Crippen LogP contribution in [-0.4, -0.2) is 26.1 Å². The molecule has 0 atom stereocenters. The van der Waals surface area contributed by atoms with Crippen LogP contribution < -0.4 is 4.90 Å². The molecule has 2 heterocycles. The van der Waals surface area contributed by atoms with Crippen LogP contribution in [0.4, 0.5) is 15.9 Å². The summed E-state index contributed by atoms with van der Waals surface area (Å²) in [5.74, 6) is -0.198. The molecule has 4 aromatic carbocycles. The van der Waals surface area contributed by atoms with Gasteiger partial charge in [0.05, 0.1) is 0 Å². The molecule has 176 valence electrons. The molecule has 1 aliphatic carbocycles. The van der Waals surface area contributed by atoms with Gasteiger partial charge in [-0.1, -0.05) is 0 Å². The van der Waals surface area contributed by atoms with Crippen molar-refractivity contribution in [2.75, 3.05) is 4.90 Å². The summed E-state index contributed by atoms with van der Waals surface area (Å²) in [5, 5.41) is 0. The first-order valence-electron chi connectivity index (χ1n) is 12.2. The Bertz CT molecular complexity index is 1650. The summed E-state index contributed by atoms with van der Waals surface area (Å²) in [5.41, 5.74) is 7.44. The molecule has 0 saturated heterocycles. The van der Waals surface area contributed by atoms with Gasteiger partial charge in [0.1, 0.15) is 0 Å². The molecular formula is C33H21NO2Se. The number of benzene rings is 4. The second kappa shape index (κ2) is 8.70. The number of allylic oxidation sites excluding steroid dienone is 1. The number of hydrogen-bond acceptors (Lipinski definition) is 3. The van der Waals surface area contributed by atoms with Gasteiger partial charge >= 0.3 is 222 Å².